The van der Waals surface area contributed by atoms with Crippen LogP contribution in [0.1, 0.15) is 149 Å². The van der Waals surface area contributed by atoms with Gasteiger partial charge in [-0.2, -0.15) is 0 Å². The predicted molar refractivity (Wildman–Crippen MR) is 212 cm³/mol. The number of hydrogen-bond donors (Lipinski definition) is 3. The molecule has 0 aliphatic carbocycles. The topological polar surface area (TPSA) is 155 Å². The van der Waals surface area contributed by atoms with Crippen LogP contribution < -0.4 is 5.73 Å². The minimum absolute atomic E-state index is 0.0329. The fourth-order valence-corrected chi connectivity index (χ4v) is 5.70. The summed E-state index contributed by atoms with van der Waals surface area (Å²) in [6.45, 7) is 3.49. The Hall–Kier alpha value is -2.33. The van der Waals surface area contributed by atoms with Crippen LogP contribution in [0.4, 0.5) is 0 Å². The molecule has 0 aromatic carbocycles. The van der Waals surface area contributed by atoms with Crippen molar-refractivity contribution in [1.82, 2.24) is 0 Å². The maximum absolute atomic E-state index is 12.5. The monoisotopic (exact) mass is 753 g/mol. The first kappa shape index (κ1) is 49.7. The van der Waals surface area contributed by atoms with Gasteiger partial charge in [-0.3, -0.25) is 18.6 Å². The molecule has 52 heavy (non-hydrogen) atoms. The molecular weight excluding hydrogens is 681 g/mol. The van der Waals surface area contributed by atoms with Gasteiger partial charge in [-0.1, -0.05) is 126 Å². The second kappa shape index (κ2) is 37.0. The quantitative estimate of drug-likeness (QED) is 0.0185. The number of aliphatic hydroxyl groups excluding tert-OH is 1. The molecule has 0 fully saturated rings. The molecule has 0 radical (unpaired) electrons. The van der Waals surface area contributed by atoms with E-state index in [4.69, 9.17) is 24.3 Å². The first-order valence-corrected chi connectivity index (χ1v) is 21.4. The van der Waals surface area contributed by atoms with Gasteiger partial charge in [0.15, 0.2) is 6.10 Å². The summed E-state index contributed by atoms with van der Waals surface area (Å²) in [5.74, 6) is -0.952. The second-order valence-electron chi connectivity index (χ2n) is 13.0. The highest BCUT2D eigenvalue weighted by Gasteiger charge is 2.25. The smallest absolute Gasteiger partial charge is 0.462 e. The maximum atomic E-state index is 12.5. The number of unbranched alkanes of at least 4 members (excludes halogenated alkanes) is 13. The number of carbonyl (C=O) groups is 2. The van der Waals surface area contributed by atoms with Gasteiger partial charge in [-0.05, 0) is 70.6 Å². The van der Waals surface area contributed by atoms with E-state index in [1.54, 1.807) is 6.08 Å². The molecule has 4 N–H and O–H groups in total. The molecule has 10 nitrogen and oxygen atoms in total. The van der Waals surface area contributed by atoms with Crippen molar-refractivity contribution < 1.29 is 42.7 Å². The van der Waals surface area contributed by atoms with Crippen molar-refractivity contribution in [2.75, 3.05) is 26.4 Å². The fourth-order valence-electron chi connectivity index (χ4n) is 4.93. The third-order valence-electron chi connectivity index (χ3n) is 7.96. The predicted octanol–water partition coefficient (Wildman–Crippen LogP) is 9.91. The van der Waals surface area contributed by atoms with Crippen LogP contribution in [0.2, 0.25) is 0 Å². The van der Waals surface area contributed by atoms with E-state index < -0.39 is 38.6 Å². The lowest BCUT2D eigenvalue weighted by Gasteiger charge is -2.19. The molecule has 0 aromatic rings. The van der Waals surface area contributed by atoms with Crippen LogP contribution in [-0.4, -0.2) is 60.5 Å². The Morgan fingerprint density at radius 1 is 0.673 bits per heavy atom. The summed E-state index contributed by atoms with van der Waals surface area (Å²) in [4.78, 5) is 34.7. The lowest BCUT2D eigenvalue weighted by Crippen LogP contribution is -2.29. The van der Waals surface area contributed by atoms with E-state index in [-0.39, 0.29) is 32.6 Å². The van der Waals surface area contributed by atoms with E-state index in [1.807, 2.05) is 36.5 Å². The summed E-state index contributed by atoms with van der Waals surface area (Å²) in [5.41, 5.74) is 5.32. The SMILES string of the molecule is CCCCC/C=C\C=C/[C@@H](O)C/C=C\C/C=C/CCCC(=O)OC[C@H](COP(=O)(O)OCCN)OC(=O)CCCCCCC/C=C\CCCCCC. The van der Waals surface area contributed by atoms with Crippen molar-refractivity contribution in [3.8, 4) is 0 Å². The van der Waals surface area contributed by atoms with Gasteiger partial charge in [0.25, 0.3) is 0 Å². The number of esters is 2. The molecule has 11 heteroatoms. The van der Waals surface area contributed by atoms with Crippen molar-refractivity contribution >= 4 is 19.8 Å². The highest BCUT2D eigenvalue weighted by atomic mass is 31.2. The molecule has 0 heterocycles. The number of phosphoric acid groups is 1. The summed E-state index contributed by atoms with van der Waals surface area (Å²) in [7, 11) is -4.40. The second-order valence-corrected chi connectivity index (χ2v) is 14.4. The number of ether oxygens (including phenoxy) is 2. The van der Waals surface area contributed by atoms with Crippen molar-refractivity contribution in [1.29, 1.82) is 0 Å². The molecule has 0 amide bonds. The van der Waals surface area contributed by atoms with E-state index in [9.17, 15) is 24.2 Å². The summed E-state index contributed by atoms with van der Waals surface area (Å²) >= 11 is 0. The first-order chi connectivity index (χ1) is 25.2. The molecule has 0 rings (SSSR count). The van der Waals surface area contributed by atoms with E-state index in [0.717, 1.165) is 51.4 Å². The number of aliphatic hydroxyl groups is 1. The number of nitrogens with two attached hydrogens (primary N) is 1. The Morgan fingerprint density at radius 3 is 1.98 bits per heavy atom. The molecule has 0 saturated heterocycles. The molecule has 0 aromatic heterocycles. The zero-order valence-corrected chi connectivity index (χ0v) is 33.3. The summed E-state index contributed by atoms with van der Waals surface area (Å²) in [6, 6.07) is 0. The fraction of sp³-hybridized carbons (Fsp3) is 0.707. The van der Waals surface area contributed by atoms with E-state index in [2.05, 4.69) is 32.1 Å². The minimum Gasteiger partial charge on any atom is -0.462 e. The van der Waals surface area contributed by atoms with Gasteiger partial charge in [0, 0.05) is 19.4 Å². The highest BCUT2D eigenvalue weighted by molar-refractivity contribution is 7.47. The molecule has 3 atom stereocenters. The van der Waals surface area contributed by atoms with Gasteiger partial charge in [0.2, 0.25) is 0 Å². The van der Waals surface area contributed by atoms with Gasteiger partial charge in [0.1, 0.15) is 6.61 Å². The van der Waals surface area contributed by atoms with Crippen LogP contribution in [0, 0.1) is 0 Å². The lowest BCUT2D eigenvalue weighted by molar-refractivity contribution is -0.161. The molecule has 1 unspecified atom stereocenters. The van der Waals surface area contributed by atoms with Crippen LogP contribution in [0.5, 0.6) is 0 Å². The standard InChI is InChI=1S/C41H72NO9P/c1-3-5-7-9-11-12-13-14-15-16-20-25-29-33-41(45)51-39(37-50-52(46,47)49-35-34-42)36-48-40(44)32-28-24-21-17-19-23-27-31-38(43)30-26-22-18-10-8-6-4-2/h12-13,17-18,21-23,26-27,30,38-39,43H,3-11,14-16,19-20,24-25,28-29,31-37,42H2,1-2H3,(H,46,47)/b13-12-,21-17+,22-18-,27-23-,30-26-/t38-,39-/m1/s1. The summed E-state index contributed by atoms with van der Waals surface area (Å²) in [5, 5.41) is 10.0. The average Bonchev–Trinajstić information content (AvgIpc) is 3.12. The Bertz CT molecular complexity index is 1060. The van der Waals surface area contributed by atoms with E-state index in [1.165, 1.54) is 44.9 Å². The Labute approximate surface area is 315 Å². The largest absolute Gasteiger partial charge is 0.472 e. The zero-order chi connectivity index (χ0) is 38.4. The summed E-state index contributed by atoms with van der Waals surface area (Å²) in [6.07, 6.45) is 38.5. The van der Waals surface area contributed by atoms with Crippen molar-refractivity contribution in [2.45, 2.75) is 161 Å². The molecular formula is C41H72NO9P. The van der Waals surface area contributed by atoms with E-state index in [0.29, 0.717) is 25.7 Å². The average molecular weight is 754 g/mol. The van der Waals surface area contributed by atoms with Gasteiger partial charge in [0.05, 0.1) is 19.3 Å². The number of allylic oxidation sites excluding steroid dienone is 8. The molecule has 0 aliphatic rings. The van der Waals surface area contributed by atoms with Crippen LogP contribution >= 0.6 is 7.82 Å². The Kier molecular flexibility index (Phi) is 35.3. The number of hydrogen-bond acceptors (Lipinski definition) is 9. The van der Waals surface area contributed by atoms with Crippen molar-refractivity contribution in [2.24, 2.45) is 5.73 Å². The summed E-state index contributed by atoms with van der Waals surface area (Å²) < 4.78 is 32.6. The third kappa shape index (κ3) is 36.0. The Balaban J connectivity index is 4.39. The van der Waals surface area contributed by atoms with Crippen molar-refractivity contribution in [3.63, 3.8) is 0 Å². The Morgan fingerprint density at radius 2 is 1.25 bits per heavy atom. The van der Waals surface area contributed by atoms with Crippen LogP contribution in [0.3, 0.4) is 0 Å². The highest BCUT2D eigenvalue weighted by Crippen LogP contribution is 2.43. The third-order valence-corrected chi connectivity index (χ3v) is 8.94. The molecule has 0 spiro atoms. The maximum Gasteiger partial charge on any atom is 0.472 e. The molecule has 0 saturated carbocycles. The number of rotatable bonds is 36. The number of phosphoric ester groups is 1. The zero-order valence-electron chi connectivity index (χ0n) is 32.4. The van der Waals surface area contributed by atoms with Gasteiger partial charge < -0.3 is 25.2 Å². The molecule has 0 aliphatic heterocycles. The van der Waals surface area contributed by atoms with E-state index >= 15 is 0 Å². The minimum atomic E-state index is -4.40. The van der Waals surface area contributed by atoms with Gasteiger partial charge in [-0.25, -0.2) is 4.57 Å². The van der Waals surface area contributed by atoms with Crippen LogP contribution in [-0.2, 0) is 32.7 Å². The van der Waals surface area contributed by atoms with Gasteiger partial charge in [-0.15, -0.1) is 0 Å². The normalized spacial score (nSPS) is 14.6. The van der Waals surface area contributed by atoms with Crippen molar-refractivity contribution in [3.05, 3.63) is 60.8 Å². The number of carbonyl (C=O) groups excluding carboxylic acids is 2. The van der Waals surface area contributed by atoms with Crippen LogP contribution in [0.25, 0.3) is 0 Å². The lowest BCUT2D eigenvalue weighted by atomic mass is 10.1. The molecule has 300 valence electrons. The van der Waals surface area contributed by atoms with Gasteiger partial charge >= 0.3 is 19.8 Å². The first-order valence-electron chi connectivity index (χ1n) is 19.9. The molecule has 0 bridgehead atoms. The van der Waals surface area contributed by atoms with Crippen LogP contribution in [0.15, 0.2) is 60.8 Å².